The lowest BCUT2D eigenvalue weighted by atomic mass is 9.97. The molecule has 2 heterocycles. The van der Waals surface area contributed by atoms with Crippen LogP contribution < -0.4 is 5.32 Å². The minimum absolute atomic E-state index is 0. The van der Waals surface area contributed by atoms with Gasteiger partial charge in [0.2, 0.25) is 0 Å². The summed E-state index contributed by atoms with van der Waals surface area (Å²) < 4.78 is 5.01. The minimum Gasteiger partial charge on any atom is -0.412 e. The standard InChI is InChI=1S/C19H16N4S2.C4H9NO.2H2O/c1-12-7-8-13(11-16(12)24)17(20)14-5-2-3-6-15(14)18(21)25-19-22-9-4-10-23-19;1-3-6-4-2-5-1;;/h2-11,20-21,24H,1H3;5H,1-4H2;2*1H2. The minimum atomic E-state index is 0. The zero-order valence-electron chi connectivity index (χ0n) is 18.3. The van der Waals surface area contributed by atoms with Gasteiger partial charge in [0.15, 0.2) is 5.16 Å². The highest BCUT2D eigenvalue weighted by molar-refractivity contribution is 8.14. The number of aromatic nitrogens is 2. The topological polar surface area (TPSA) is 158 Å². The first-order valence-corrected chi connectivity index (χ1v) is 11.1. The van der Waals surface area contributed by atoms with Crippen LogP contribution >= 0.6 is 24.4 Å². The summed E-state index contributed by atoms with van der Waals surface area (Å²) in [4.78, 5) is 9.14. The molecule has 1 saturated heterocycles. The van der Waals surface area contributed by atoms with Crippen LogP contribution in [0.4, 0.5) is 0 Å². The predicted octanol–water partition coefficient (Wildman–Crippen LogP) is 2.56. The molecule has 0 atom stereocenters. The number of morpholine rings is 1. The first-order valence-electron chi connectivity index (χ1n) is 9.86. The largest absolute Gasteiger partial charge is 0.412 e. The maximum atomic E-state index is 8.58. The average molecular weight is 488 g/mol. The molecule has 0 amide bonds. The molecule has 0 spiro atoms. The van der Waals surface area contributed by atoms with Crippen LogP contribution in [-0.2, 0) is 4.74 Å². The fourth-order valence-electron chi connectivity index (χ4n) is 2.82. The number of hydrogen-bond donors (Lipinski definition) is 4. The van der Waals surface area contributed by atoms with E-state index in [9.17, 15) is 0 Å². The van der Waals surface area contributed by atoms with Crippen LogP contribution in [0, 0.1) is 17.7 Å². The third-order valence-electron chi connectivity index (χ3n) is 4.52. The van der Waals surface area contributed by atoms with E-state index in [1.54, 1.807) is 18.5 Å². The average Bonchev–Trinajstić information content (AvgIpc) is 2.82. The van der Waals surface area contributed by atoms with Crippen molar-refractivity contribution in [3.63, 3.8) is 0 Å². The summed E-state index contributed by atoms with van der Waals surface area (Å²) in [5.74, 6) is 0. The van der Waals surface area contributed by atoms with Gasteiger partial charge in [0, 0.05) is 47.1 Å². The van der Waals surface area contributed by atoms with E-state index in [0.717, 1.165) is 42.3 Å². The molecule has 1 aromatic heterocycles. The van der Waals surface area contributed by atoms with Crippen LogP contribution in [0.2, 0.25) is 0 Å². The second kappa shape index (κ2) is 14.5. The highest BCUT2D eigenvalue weighted by Crippen LogP contribution is 2.24. The summed E-state index contributed by atoms with van der Waals surface area (Å²) in [6.07, 6.45) is 3.30. The molecule has 0 saturated carbocycles. The van der Waals surface area contributed by atoms with Gasteiger partial charge in [-0.25, -0.2) is 9.97 Å². The summed E-state index contributed by atoms with van der Waals surface area (Å²) >= 11 is 5.63. The molecule has 176 valence electrons. The quantitative estimate of drug-likeness (QED) is 0.146. The normalized spacial score (nSPS) is 12.3. The fraction of sp³-hybridized carbons (Fsp3) is 0.217. The van der Waals surface area contributed by atoms with Gasteiger partial charge in [-0.3, -0.25) is 10.8 Å². The number of benzene rings is 2. The van der Waals surface area contributed by atoms with Gasteiger partial charge >= 0.3 is 0 Å². The monoisotopic (exact) mass is 487 g/mol. The molecule has 0 unspecified atom stereocenters. The number of hydrogen-bond acceptors (Lipinski definition) is 8. The van der Waals surface area contributed by atoms with Crippen LogP contribution in [0.15, 0.2) is 71.0 Å². The van der Waals surface area contributed by atoms with E-state index in [4.69, 9.17) is 15.6 Å². The van der Waals surface area contributed by atoms with Crippen molar-refractivity contribution in [2.45, 2.75) is 17.0 Å². The lowest BCUT2D eigenvalue weighted by Crippen LogP contribution is -2.30. The fourth-order valence-corrected chi connectivity index (χ4v) is 3.73. The van der Waals surface area contributed by atoms with Crippen LogP contribution in [0.1, 0.15) is 22.3 Å². The molecule has 0 bridgehead atoms. The van der Waals surface area contributed by atoms with Crippen LogP contribution in [0.3, 0.4) is 0 Å². The summed E-state index contributed by atoms with van der Waals surface area (Å²) in [6, 6.07) is 14.9. The Morgan fingerprint density at radius 3 is 2.15 bits per heavy atom. The molecule has 10 heteroatoms. The maximum absolute atomic E-state index is 8.58. The van der Waals surface area contributed by atoms with Gasteiger partial charge in [0.25, 0.3) is 0 Å². The number of thiol groups is 1. The lowest BCUT2D eigenvalue weighted by Gasteiger charge is -2.12. The van der Waals surface area contributed by atoms with E-state index in [0.29, 0.717) is 27.0 Å². The molecule has 33 heavy (non-hydrogen) atoms. The van der Waals surface area contributed by atoms with Gasteiger partial charge in [0.1, 0.15) is 5.04 Å². The summed E-state index contributed by atoms with van der Waals surface area (Å²) in [7, 11) is 0. The van der Waals surface area contributed by atoms with E-state index in [-0.39, 0.29) is 11.0 Å². The maximum Gasteiger partial charge on any atom is 0.193 e. The Morgan fingerprint density at radius 2 is 1.61 bits per heavy atom. The van der Waals surface area contributed by atoms with Gasteiger partial charge in [-0.05, 0) is 36.4 Å². The molecule has 1 aliphatic rings. The molecule has 0 aliphatic carbocycles. The summed E-state index contributed by atoms with van der Waals surface area (Å²) in [6.45, 7) is 5.82. The van der Waals surface area contributed by atoms with Crippen molar-refractivity contribution in [3.8, 4) is 0 Å². The Bertz CT molecular complexity index is 1040. The third-order valence-corrected chi connectivity index (χ3v) is 5.82. The highest BCUT2D eigenvalue weighted by atomic mass is 32.2. The first kappa shape index (κ1) is 28.4. The van der Waals surface area contributed by atoms with Crippen molar-refractivity contribution in [2.24, 2.45) is 0 Å². The van der Waals surface area contributed by atoms with Gasteiger partial charge in [-0.1, -0.05) is 36.4 Å². The Labute approximate surface area is 203 Å². The first-order chi connectivity index (χ1) is 15.1. The van der Waals surface area contributed by atoms with Crippen LogP contribution in [0.5, 0.6) is 0 Å². The smallest absolute Gasteiger partial charge is 0.193 e. The number of rotatable bonds is 4. The lowest BCUT2D eigenvalue weighted by molar-refractivity contribution is 0.109. The third kappa shape index (κ3) is 8.35. The molecule has 1 fully saturated rings. The zero-order valence-corrected chi connectivity index (χ0v) is 20.0. The molecule has 4 rings (SSSR count). The molecule has 3 aromatic rings. The molecule has 7 N–H and O–H groups in total. The highest BCUT2D eigenvalue weighted by Gasteiger charge is 2.15. The van der Waals surface area contributed by atoms with Gasteiger partial charge in [-0.2, -0.15) is 0 Å². The van der Waals surface area contributed by atoms with E-state index in [2.05, 4.69) is 27.9 Å². The van der Waals surface area contributed by atoms with E-state index >= 15 is 0 Å². The van der Waals surface area contributed by atoms with Crippen LogP contribution in [0.25, 0.3) is 0 Å². The number of nitrogens with zero attached hydrogens (tertiary/aromatic N) is 2. The van der Waals surface area contributed by atoms with Crippen molar-refractivity contribution in [1.82, 2.24) is 15.3 Å². The SMILES string of the molecule is C1COCCN1.Cc1ccc(C(=N)c2ccccc2C(=N)Sc2ncccn2)cc1S.O.O. The van der Waals surface area contributed by atoms with Gasteiger partial charge < -0.3 is 21.0 Å². The van der Waals surface area contributed by atoms with Gasteiger partial charge in [-0.15, -0.1) is 12.6 Å². The molecular weight excluding hydrogens is 458 g/mol. The summed E-state index contributed by atoms with van der Waals surface area (Å²) in [5, 5.41) is 21.0. The number of thioether (sulfide) groups is 1. The molecule has 1 aliphatic heterocycles. The van der Waals surface area contributed by atoms with Gasteiger partial charge in [0.05, 0.1) is 18.9 Å². The Balaban J connectivity index is 0.000000594. The second-order valence-electron chi connectivity index (χ2n) is 6.75. The van der Waals surface area contributed by atoms with Crippen molar-refractivity contribution in [1.29, 1.82) is 10.8 Å². The zero-order chi connectivity index (χ0) is 22.1. The molecule has 2 aromatic carbocycles. The Hall–Kier alpha value is -2.60. The number of nitrogens with one attached hydrogen (secondary N) is 3. The van der Waals surface area contributed by atoms with Crippen molar-refractivity contribution in [3.05, 3.63) is 83.2 Å². The molecule has 0 radical (unpaired) electrons. The van der Waals surface area contributed by atoms with E-state index in [1.165, 1.54) is 11.8 Å². The second-order valence-corrected chi connectivity index (χ2v) is 8.21. The van der Waals surface area contributed by atoms with E-state index in [1.807, 2.05) is 49.4 Å². The van der Waals surface area contributed by atoms with Crippen LogP contribution in [-0.4, -0.2) is 58.0 Å². The number of ether oxygens (including phenoxy) is 1. The van der Waals surface area contributed by atoms with Crippen molar-refractivity contribution >= 4 is 35.1 Å². The van der Waals surface area contributed by atoms with Crippen molar-refractivity contribution < 1.29 is 15.7 Å². The van der Waals surface area contributed by atoms with Crippen molar-refractivity contribution in [2.75, 3.05) is 26.3 Å². The van der Waals surface area contributed by atoms with E-state index < -0.39 is 0 Å². The predicted molar refractivity (Wildman–Crippen MR) is 136 cm³/mol. The Morgan fingerprint density at radius 1 is 0.970 bits per heavy atom. The number of aryl methyl sites for hydroxylation is 1. The molecule has 8 nitrogen and oxygen atoms in total. The Kier molecular flexibility index (Phi) is 12.5. The summed E-state index contributed by atoms with van der Waals surface area (Å²) in [5.41, 5.74) is 3.60. The molecular formula is C23H29N5O3S2.